The molecule has 6 heteroatoms. The second-order valence-corrected chi connectivity index (χ2v) is 5.22. The molecule has 108 valence electrons. The van der Waals surface area contributed by atoms with Crippen LogP contribution in [0.25, 0.3) is 0 Å². The average Bonchev–Trinajstić information content (AvgIpc) is 2.77. The summed E-state index contributed by atoms with van der Waals surface area (Å²) >= 11 is 0. The Labute approximate surface area is 116 Å². The first-order chi connectivity index (χ1) is 9.39. The predicted molar refractivity (Wildman–Crippen MR) is 71.6 cm³/mol. The molecule has 0 heterocycles. The van der Waals surface area contributed by atoms with Crippen LogP contribution in [-0.2, 0) is 4.79 Å². The number of hydrogen-bond acceptors (Lipinski definition) is 3. The zero-order chi connectivity index (χ0) is 14.8. The fourth-order valence-electron chi connectivity index (χ4n) is 2.51. The first-order valence-electron chi connectivity index (χ1n) is 6.51. The van der Waals surface area contributed by atoms with E-state index in [0.717, 1.165) is 18.9 Å². The molecule has 20 heavy (non-hydrogen) atoms. The van der Waals surface area contributed by atoms with Crippen molar-refractivity contribution < 1.29 is 19.1 Å². The van der Waals surface area contributed by atoms with Gasteiger partial charge in [-0.1, -0.05) is 12.8 Å². The van der Waals surface area contributed by atoms with Gasteiger partial charge in [-0.05, 0) is 31.0 Å². The Bertz CT molecular complexity index is 539. The average molecular weight is 280 g/mol. The van der Waals surface area contributed by atoms with E-state index in [0.29, 0.717) is 12.8 Å². The third-order valence-electron chi connectivity index (χ3n) is 3.54. The summed E-state index contributed by atoms with van der Waals surface area (Å²) in [5.74, 6) is -1.99. The van der Waals surface area contributed by atoms with Crippen molar-refractivity contribution in [3.63, 3.8) is 0 Å². The van der Waals surface area contributed by atoms with Crippen LogP contribution in [0, 0.1) is 5.82 Å². The van der Waals surface area contributed by atoms with Crippen LogP contribution in [0.2, 0.25) is 0 Å². The van der Waals surface area contributed by atoms with Crippen molar-refractivity contribution in [3.05, 3.63) is 29.6 Å². The predicted octanol–water partition coefficient (Wildman–Crippen LogP) is 1.56. The molecule has 0 unspecified atom stereocenters. The van der Waals surface area contributed by atoms with Gasteiger partial charge >= 0.3 is 0 Å². The van der Waals surface area contributed by atoms with Crippen molar-refractivity contribution in [2.45, 2.75) is 37.7 Å². The van der Waals surface area contributed by atoms with Gasteiger partial charge in [-0.3, -0.25) is 9.59 Å². The van der Waals surface area contributed by atoms with Gasteiger partial charge in [0, 0.05) is 5.69 Å². The van der Waals surface area contributed by atoms with E-state index < -0.39 is 17.3 Å². The van der Waals surface area contributed by atoms with Gasteiger partial charge < -0.3 is 16.2 Å². The fourth-order valence-corrected chi connectivity index (χ4v) is 2.51. The standard InChI is InChI=1S/C14H17FN2O3/c15-11-4-3-9(7-10(11)13(16)19)17-12(18)8-14(20)5-1-2-6-14/h3-4,7,20H,1-2,5-6,8H2,(H2,16,19)(H,17,18). The van der Waals surface area contributed by atoms with Gasteiger partial charge in [0.1, 0.15) is 5.82 Å². The molecule has 1 aliphatic carbocycles. The van der Waals surface area contributed by atoms with E-state index in [1.807, 2.05) is 0 Å². The molecule has 1 fully saturated rings. The maximum absolute atomic E-state index is 13.3. The molecule has 0 aromatic heterocycles. The number of hydrogen-bond donors (Lipinski definition) is 3. The number of nitrogens with two attached hydrogens (primary N) is 1. The lowest BCUT2D eigenvalue weighted by molar-refractivity contribution is -0.120. The molecule has 1 aromatic rings. The van der Waals surface area contributed by atoms with Crippen molar-refractivity contribution in [2.24, 2.45) is 5.73 Å². The van der Waals surface area contributed by atoms with Gasteiger partial charge in [0.25, 0.3) is 5.91 Å². The van der Waals surface area contributed by atoms with Crippen LogP contribution < -0.4 is 11.1 Å². The minimum absolute atomic E-state index is 0.00369. The van der Waals surface area contributed by atoms with Crippen LogP contribution in [0.4, 0.5) is 10.1 Å². The van der Waals surface area contributed by atoms with Crippen LogP contribution in [0.3, 0.4) is 0 Å². The second kappa shape index (κ2) is 5.58. The molecule has 0 bridgehead atoms. The highest BCUT2D eigenvalue weighted by atomic mass is 19.1. The summed E-state index contributed by atoms with van der Waals surface area (Å²) in [7, 11) is 0. The second-order valence-electron chi connectivity index (χ2n) is 5.22. The van der Waals surface area contributed by atoms with E-state index >= 15 is 0 Å². The molecular formula is C14H17FN2O3. The number of carbonyl (C=O) groups is 2. The Morgan fingerprint density at radius 1 is 1.35 bits per heavy atom. The van der Waals surface area contributed by atoms with E-state index in [2.05, 4.69) is 5.32 Å². The maximum atomic E-state index is 13.3. The molecule has 1 aliphatic rings. The van der Waals surface area contributed by atoms with Gasteiger partial charge in [0.15, 0.2) is 0 Å². The SMILES string of the molecule is NC(=O)c1cc(NC(=O)CC2(O)CCCC2)ccc1F. The third-order valence-corrected chi connectivity index (χ3v) is 3.54. The van der Waals surface area contributed by atoms with Crippen molar-refractivity contribution >= 4 is 17.5 Å². The van der Waals surface area contributed by atoms with Gasteiger partial charge in [-0.15, -0.1) is 0 Å². The van der Waals surface area contributed by atoms with E-state index in [4.69, 9.17) is 5.73 Å². The molecule has 1 aromatic carbocycles. The smallest absolute Gasteiger partial charge is 0.251 e. The Balaban J connectivity index is 2.04. The Kier molecular flexibility index (Phi) is 4.04. The van der Waals surface area contributed by atoms with Gasteiger partial charge in [-0.2, -0.15) is 0 Å². The van der Waals surface area contributed by atoms with Crippen molar-refractivity contribution in [1.82, 2.24) is 0 Å². The lowest BCUT2D eigenvalue weighted by Gasteiger charge is -2.21. The molecule has 0 spiro atoms. The highest BCUT2D eigenvalue weighted by molar-refractivity contribution is 5.96. The number of carbonyl (C=O) groups excluding carboxylic acids is 2. The minimum Gasteiger partial charge on any atom is -0.389 e. The molecular weight excluding hydrogens is 263 g/mol. The molecule has 0 aliphatic heterocycles. The van der Waals surface area contributed by atoms with Gasteiger partial charge in [0.05, 0.1) is 17.6 Å². The molecule has 5 nitrogen and oxygen atoms in total. The number of rotatable bonds is 4. The number of aliphatic hydroxyl groups is 1. The van der Waals surface area contributed by atoms with Crippen molar-refractivity contribution in [2.75, 3.05) is 5.32 Å². The van der Waals surface area contributed by atoms with Gasteiger partial charge in [-0.25, -0.2) is 4.39 Å². The summed E-state index contributed by atoms with van der Waals surface area (Å²) in [4.78, 5) is 22.9. The van der Waals surface area contributed by atoms with Crippen molar-refractivity contribution in [1.29, 1.82) is 0 Å². The first-order valence-corrected chi connectivity index (χ1v) is 6.51. The molecule has 4 N–H and O–H groups in total. The number of primary amides is 1. The van der Waals surface area contributed by atoms with Crippen LogP contribution in [0.1, 0.15) is 42.5 Å². The summed E-state index contributed by atoms with van der Waals surface area (Å²) in [6.07, 6.45) is 3.03. The van der Waals surface area contributed by atoms with E-state index in [1.165, 1.54) is 12.1 Å². The number of benzene rings is 1. The molecule has 0 saturated heterocycles. The molecule has 0 atom stereocenters. The summed E-state index contributed by atoms with van der Waals surface area (Å²) in [5.41, 5.74) is 4.10. The lowest BCUT2D eigenvalue weighted by atomic mass is 9.97. The highest BCUT2D eigenvalue weighted by Gasteiger charge is 2.33. The first kappa shape index (κ1) is 14.5. The van der Waals surface area contributed by atoms with Crippen molar-refractivity contribution in [3.8, 4) is 0 Å². The van der Waals surface area contributed by atoms with Crippen LogP contribution >= 0.6 is 0 Å². The quantitative estimate of drug-likeness (QED) is 0.781. The van der Waals surface area contributed by atoms with Crippen LogP contribution in [0.15, 0.2) is 18.2 Å². The number of anilines is 1. The summed E-state index contributed by atoms with van der Waals surface area (Å²) < 4.78 is 13.3. The number of amides is 2. The largest absolute Gasteiger partial charge is 0.389 e. The Morgan fingerprint density at radius 2 is 2.00 bits per heavy atom. The molecule has 1 saturated carbocycles. The van der Waals surface area contributed by atoms with E-state index in [1.54, 1.807) is 0 Å². The van der Waals surface area contributed by atoms with Crippen LogP contribution in [0.5, 0.6) is 0 Å². The van der Waals surface area contributed by atoms with E-state index in [9.17, 15) is 19.1 Å². The topological polar surface area (TPSA) is 92.4 Å². The summed E-state index contributed by atoms with van der Waals surface area (Å²) in [6, 6.07) is 3.60. The Morgan fingerprint density at radius 3 is 2.60 bits per heavy atom. The molecule has 2 rings (SSSR count). The third kappa shape index (κ3) is 3.33. The number of halogens is 1. The Hall–Kier alpha value is -1.95. The maximum Gasteiger partial charge on any atom is 0.251 e. The number of nitrogens with one attached hydrogen (secondary N) is 1. The summed E-state index contributed by atoms with van der Waals surface area (Å²) in [5, 5.41) is 12.7. The highest BCUT2D eigenvalue weighted by Crippen LogP contribution is 2.32. The monoisotopic (exact) mass is 280 g/mol. The fraction of sp³-hybridized carbons (Fsp3) is 0.429. The minimum atomic E-state index is -0.948. The zero-order valence-electron chi connectivity index (χ0n) is 11.0. The van der Waals surface area contributed by atoms with Crippen LogP contribution in [-0.4, -0.2) is 22.5 Å². The lowest BCUT2D eigenvalue weighted by Crippen LogP contribution is -2.30. The van der Waals surface area contributed by atoms with E-state index in [-0.39, 0.29) is 23.6 Å². The molecule has 0 radical (unpaired) electrons. The zero-order valence-corrected chi connectivity index (χ0v) is 11.0. The molecule has 2 amide bonds. The normalized spacial score (nSPS) is 16.9. The summed E-state index contributed by atoms with van der Waals surface area (Å²) in [6.45, 7) is 0. The van der Waals surface area contributed by atoms with Gasteiger partial charge in [0.2, 0.25) is 5.91 Å².